The van der Waals surface area contributed by atoms with Crippen molar-refractivity contribution in [2.45, 2.75) is 116 Å². The van der Waals surface area contributed by atoms with Crippen molar-refractivity contribution in [3.8, 4) is 0 Å². The number of Topliss-reactive ketones (excluding diaryl/α,β-unsaturated/α-hetero) is 1. The molecule has 2 amide bonds. The van der Waals surface area contributed by atoms with Crippen molar-refractivity contribution in [3.63, 3.8) is 0 Å². The van der Waals surface area contributed by atoms with Crippen molar-refractivity contribution in [2.75, 3.05) is 54.5 Å². The molecule has 0 aliphatic carbocycles. The van der Waals surface area contributed by atoms with Gasteiger partial charge in [0.1, 0.15) is 18.1 Å². The first-order valence-corrected chi connectivity index (χ1v) is 18.1. The third-order valence-corrected chi connectivity index (χ3v) is 11.5. The second kappa shape index (κ2) is 16.4. The lowest BCUT2D eigenvalue weighted by Gasteiger charge is -2.48. The van der Waals surface area contributed by atoms with Crippen molar-refractivity contribution < 1.29 is 38.4 Å². The molecule has 3 saturated heterocycles. The van der Waals surface area contributed by atoms with Crippen LogP contribution in [0.2, 0.25) is 0 Å². The second-order valence-electron chi connectivity index (χ2n) is 16.0. The lowest BCUT2D eigenvalue weighted by molar-refractivity contribution is -0.295. The van der Waals surface area contributed by atoms with E-state index in [4.69, 9.17) is 18.9 Å². The average Bonchev–Trinajstić information content (AvgIpc) is 3.08. The maximum Gasteiger partial charge on any atom is 0.319 e. The van der Waals surface area contributed by atoms with Crippen molar-refractivity contribution in [3.05, 3.63) is 35.9 Å². The van der Waals surface area contributed by atoms with Crippen LogP contribution in [-0.4, -0.2) is 134 Å². The summed E-state index contributed by atoms with van der Waals surface area (Å²) >= 11 is 0. The molecule has 0 radical (unpaired) electrons. The van der Waals surface area contributed by atoms with Gasteiger partial charge < -0.3 is 39.2 Å². The summed E-state index contributed by atoms with van der Waals surface area (Å²) < 4.78 is 25.1. The first-order chi connectivity index (χ1) is 23.4. The molecule has 1 aromatic carbocycles. The minimum atomic E-state index is -1.49. The van der Waals surface area contributed by atoms with E-state index in [9.17, 15) is 19.5 Å². The van der Waals surface area contributed by atoms with Crippen LogP contribution in [0.15, 0.2) is 30.3 Å². The first-order valence-electron chi connectivity index (χ1n) is 18.1. The summed E-state index contributed by atoms with van der Waals surface area (Å²) in [6.45, 7) is 13.2. The van der Waals surface area contributed by atoms with Crippen LogP contribution < -0.4 is 5.32 Å². The number of rotatable bonds is 6. The van der Waals surface area contributed by atoms with E-state index in [1.807, 2.05) is 75.1 Å². The van der Waals surface area contributed by atoms with Crippen molar-refractivity contribution >= 4 is 17.8 Å². The Balaban J connectivity index is 1.58. The molecule has 282 valence electrons. The molecule has 12 nitrogen and oxygen atoms in total. The number of carbonyl (C=O) groups excluding carboxylic acids is 3. The standard InChI is InChI=1S/C38H62N4O8/c1-25-21-37(6,47-10)32(50-33-30(43)29(40(7)8)20-26(2)49-33)27(3)31(44)36(4,5)34(45)48-24-38(41(9)23-25)16-18-42(19-17-38)35(46)39-22-28-14-12-11-13-15-28/h11-15,25-27,29-30,32-33,43H,16-24H2,1-10H3,(H,39,46)/t25-,26-,27+,29+,30-,32-,33+,37-/m1/s1. The van der Waals surface area contributed by atoms with Gasteiger partial charge in [0, 0.05) is 45.2 Å². The Morgan fingerprint density at radius 2 is 1.72 bits per heavy atom. The van der Waals surface area contributed by atoms with Crippen LogP contribution in [0.1, 0.15) is 72.8 Å². The van der Waals surface area contributed by atoms with Crippen LogP contribution in [0, 0.1) is 17.3 Å². The summed E-state index contributed by atoms with van der Waals surface area (Å²) in [6.07, 6.45) is -0.614. The lowest BCUT2D eigenvalue weighted by Crippen LogP contribution is -2.60. The van der Waals surface area contributed by atoms with Crippen LogP contribution in [-0.2, 0) is 35.1 Å². The number of carbonyl (C=O) groups is 3. The number of ketones is 1. The molecule has 1 spiro atoms. The van der Waals surface area contributed by atoms with Crippen LogP contribution in [0.3, 0.4) is 0 Å². The molecule has 3 fully saturated rings. The number of esters is 1. The maximum absolute atomic E-state index is 14.3. The average molecular weight is 703 g/mol. The summed E-state index contributed by atoms with van der Waals surface area (Å²) in [5.41, 5.74) is -1.97. The number of benzene rings is 1. The first kappa shape index (κ1) is 40.2. The van der Waals surface area contributed by atoms with Gasteiger partial charge in [-0.3, -0.25) is 14.5 Å². The van der Waals surface area contributed by atoms with Gasteiger partial charge in [0.2, 0.25) is 0 Å². The van der Waals surface area contributed by atoms with E-state index in [1.54, 1.807) is 27.9 Å². The number of ether oxygens (including phenoxy) is 4. The Bertz CT molecular complexity index is 1300. The minimum absolute atomic E-state index is 0.0672. The Morgan fingerprint density at radius 1 is 1.08 bits per heavy atom. The molecular weight excluding hydrogens is 640 g/mol. The van der Waals surface area contributed by atoms with E-state index in [1.165, 1.54) is 0 Å². The van der Waals surface area contributed by atoms with Gasteiger partial charge in [-0.15, -0.1) is 0 Å². The molecule has 1 aromatic rings. The normalized spacial score (nSPS) is 34.4. The number of nitrogens with one attached hydrogen (secondary N) is 1. The number of aliphatic hydroxyl groups excluding tert-OH is 1. The summed E-state index contributed by atoms with van der Waals surface area (Å²) in [6, 6.07) is 9.48. The SMILES string of the molecule is CO[C@]1(C)C[C@@H](C)CN(C)C2(CCN(C(=O)NCc3ccccc3)CC2)COC(=O)C(C)(C)C(=O)[C@H](C)[C@H]1O[C@@H]1O[C@H](C)C[C@H](N(C)C)[C@H]1O. The molecule has 3 aliphatic rings. The molecule has 3 heterocycles. The van der Waals surface area contributed by atoms with Crippen molar-refractivity contribution in [2.24, 2.45) is 17.3 Å². The van der Waals surface area contributed by atoms with Gasteiger partial charge in [0.15, 0.2) is 12.1 Å². The fraction of sp³-hybridized carbons (Fsp3) is 0.763. The van der Waals surface area contributed by atoms with Gasteiger partial charge >= 0.3 is 12.0 Å². The second-order valence-corrected chi connectivity index (χ2v) is 16.0. The number of likely N-dealkylation sites (tertiary alicyclic amines) is 1. The highest BCUT2D eigenvalue weighted by atomic mass is 16.7. The molecule has 0 aromatic heterocycles. The molecular formula is C38H62N4O8. The van der Waals surface area contributed by atoms with Crippen molar-refractivity contribution in [1.29, 1.82) is 0 Å². The van der Waals surface area contributed by atoms with Crippen LogP contribution >= 0.6 is 0 Å². The van der Waals surface area contributed by atoms with E-state index in [0.717, 1.165) is 5.56 Å². The van der Waals surface area contributed by atoms with E-state index in [0.29, 0.717) is 51.9 Å². The third kappa shape index (κ3) is 8.87. The highest BCUT2D eigenvalue weighted by Gasteiger charge is 2.52. The van der Waals surface area contributed by atoms with Gasteiger partial charge in [-0.1, -0.05) is 44.2 Å². The van der Waals surface area contributed by atoms with Crippen LogP contribution in [0.4, 0.5) is 4.79 Å². The Kier molecular flexibility index (Phi) is 13.2. The quantitative estimate of drug-likeness (QED) is 0.335. The predicted molar refractivity (Wildman–Crippen MR) is 190 cm³/mol. The number of hydrogen-bond acceptors (Lipinski definition) is 10. The van der Waals surface area contributed by atoms with Gasteiger partial charge in [-0.25, -0.2) is 4.79 Å². The largest absolute Gasteiger partial charge is 0.463 e. The molecule has 0 unspecified atom stereocenters. The lowest BCUT2D eigenvalue weighted by atomic mass is 9.74. The highest BCUT2D eigenvalue weighted by molar-refractivity contribution is 6.04. The highest BCUT2D eigenvalue weighted by Crippen LogP contribution is 2.39. The number of cyclic esters (lactones) is 1. The molecule has 50 heavy (non-hydrogen) atoms. The zero-order valence-corrected chi connectivity index (χ0v) is 31.9. The maximum atomic E-state index is 14.3. The smallest absolute Gasteiger partial charge is 0.319 e. The molecule has 0 bridgehead atoms. The van der Waals surface area contributed by atoms with Crippen LogP contribution in [0.5, 0.6) is 0 Å². The van der Waals surface area contributed by atoms with E-state index < -0.39 is 46.9 Å². The molecule has 2 N–H and O–H groups in total. The number of amides is 2. The topological polar surface area (TPSA) is 130 Å². The molecule has 0 saturated carbocycles. The summed E-state index contributed by atoms with van der Waals surface area (Å²) in [4.78, 5) is 47.3. The fourth-order valence-electron chi connectivity index (χ4n) is 8.16. The third-order valence-electron chi connectivity index (χ3n) is 11.5. The van der Waals surface area contributed by atoms with Gasteiger partial charge in [0.25, 0.3) is 0 Å². The fourth-order valence-corrected chi connectivity index (χ4v) is 8.16. The Hall–Kier alpha value is -2.61. The zero-order valence-electron chi connectivity index (χ0n) is 31.9. The Labute approximate surface area is 299 Å². The van der Waals surface area contributed by atoms with E-state index >= 15 is 0 Å². The van der Waals surface area contributed by atoms with E-state index in [2.05, 4.69) is 17.1 Å². The number of aliphatic hydroxyl groups is 1. The number of piperidine rings is 1. The summed E-state index contributed by atoms with van der Waals surface area (Å²) in [5.74, 6) is -1.67. The Morgan fingerprint density at radius 3 is 2.32 bits per heavy atom. The molecule has 4 rings (SSSR count). The summed E-state index contributed by atoms with van der Waals surface area (Å²) in [5, 5.41) is 14.4. The number of likely N-dealkylation sites (N-methyl/N-ethyl adjacent to an activating group) is 2. The molecule has 8 atom stereocenters. The van der Waals surface area contributed by atoms with Crippen molar-refractivity contribution in [1.82, 2.24) is 20.0 Å². The van der Waals surface area contributed by atoms with Crippen LogP contribution in [0.25, 0.3) is 0 Å². The monoisotopic (exact) mass is 702 g/mol. The minimum Gasteiger partial charge on any atom is -0.463 e. The van der Waals surface area contributed by atoms with E-state index in [-0.39, 0.29) is 36.5 Å². The number of methoxy groups -OCH3 is 1. The predicted octanol–water partition coefficient (Wildman–Crippen LogP) is 3.69. The van der Waals surface area contributed by atoms with Gasteiger partial charge in [-0.05, 0) is 86.0 Å². The number of hydrogen-bond donors (Lipinski definition) is 2. The zero-order chi connectivity index (χ0) is 37.0. The molecule has 12 heteroatoms. The number of urea groups is 1. The van der Waals surface area contributed by atoms with Gasteiger partial charge in [0.05, 0.1) is 23.3 Å². The number of nitrogens with zero attached hydrogens (tertiary/aromatic N) is 3. The summed E-state index contributed by atoms with van der Waals surface area (Å²) in [7, 11) is 7.49. The van der Waals surface area contributed by atoms with Gasteiger partial charge in [-0.2, -0.15) is 0 Å². The molecule has 3 aliphatic heterocycles.